The van der Waals surface area contributed by atoms with Gasteiger partial charge in [-0.05, 0) is 30.7 Å². The summed E-state index contributed by atoms with van der Waals surface area (Å²) in [5, 5.41) is 0.0764. The van der Waals surface area contributed by atoms with Gasteiger partial charge in [-0.1, -0.05) is 0 Å². The molecule has 1 aliphatic heterocycles. The van der Waals surface area contributed by atoms with Crippen LogP contribution in [0.15, 0.2) is 4.99 Å². The van der Waals surface area contributed by atoms with Crippen molar-refractivity contribution in [2.45, 2.75) is 18.9 Å². The van der Waals surface area contributed by atoms with Gasteiger partial charge in [-0.2, -0.15) is 11.8 Å². The second-order valence-corrected chi connectivity index (χ2v) is 4.48. The maximum Gasteiger partial charge on any atom is 0.237 e. The van der Waals surface area contributed by atoms with E-state index in [4.69, 9.17) is 4.74 Å². The van der Waals surface area contributed by atoms with Crippen molar-refractivity contribution in [1.29, 1.82) is 0 Å². The number of nitrogens with zero attached hydrogens (tertiary/aromatic N) is 1. The molecule has 0 N–H and O–H groups in total. The van der Waals surface area contributed by atoms with Crippen molar-refractivity contribution in [3.05, 3.63) is 0 Å². The lowest BCUT2D eigenvalue weighted by atomic mass is 10.3. The Hall–Kier alpha value is -0.0000000000000000555. The van der Waals surface area contributed by atoms with Gasteiger partial charge in [0.2, 0.25) is 10.7 Å². The summed E-state index contributed by atoms with van der Waals surface area (Å²) in [5.41, 5.74) is 0.396. The zero-order valence-corrected chi connectivity index (χ0v) is 9.41. The van der Waals surface area contributed by atoms with Crippen LogP contribution in [0.4, 0.5) is 0 Å². The predicted molar refractivity (Wildman–Crippen MR) is 58.4 cm³/mol. The fraction of sp³-hybridized carbons (Fsp3) is 0.750. The van der Waals surface area contributed by atoms with Crippen LogP contribution in [-0.4, -0.2) is 35.0 Å². The first-order valence-electron chi connectivity index (χ1n) is 4.16. The van der Waals surface area contributed by atoms with Gasteiger partial charge in [0.05, 0.1) is 5.71 Å². The molecule has 1 heterocycles. The zero-order chi connectivity index (χ0) is 9.68. The average molecular weight is 219 g/mol. The Bertz CT molecular complexity index is 218. The minimum Gasteiger partial charge on any atom is -0.347 e. The highest BCUT2D eigenvalue weighted by Gasteiger charge is 2.26. The van der Waals surface area contributed by atoms with E-state index >= 15 is 0 Å². The number of aliphatic imine (C=N–C) groups is 1. The van der Waals surface area contributed by atoms with Crippen molar-refractivity contribution in [2.24, 2.45) is 4.99 Å². The van der Waals surface area contributed by atoms with Gasteiger partial charge < -0.3 is 4.74 Å². The van der Waals surface area contributed by atoms with Crippen LogP contribution in [0.3, 0.4) is 0 Å². The Labute approximate surface area is 86.7 Å². The second-order valence-electron chi connectivity index (χ2n) is 2.49. The summed E-state index contributed by atoms with van der Waals surface area (Å²) in [6, 6.07) is 0. The van der Waals surface area contributed by atoms with E-state index in [1.165, 1.54) is 11.8 Å². The number of ether oxygens (including phenoxy) is 1. The van der Waals surface area contributed by atoms with Gasteiger partial charge in [0.15, 0.2) is 0 Å². The number of hydrogen-bond acceptors (Lipinski definition) is 5. The SMILES string of the molecule is CCOC1N=C(CCSC)C(=O)S1. The molecule has 0 aromatic rings. The third-order valence-corrected chi connectivity index (χ3v) is 3.06. The van der Waals surface area contributed by atoms with Gasteiger partial charge in [0, 0.05) is 13.0 Å². The minimum absolute atomic E-state index is 0.0764. The van der Waals surface area contributed by atoms with Crippen molar-refractivity contribution in [3.8, 4) is 0 Å². The number of carbonyl (C=O) groups excluding carboxylic acids is 1. The Balaban J connectivity index is 2.42. The Kier molecular flexibility index (Phi) is 4.83. The molecule has 13 heavy (non-hydrogen) atoms. The number of hydrogen-bond donors (Lipinski definition) is 0. The lowest BCUT2D eigenvalue weighted by Gasteiger charge is -2.02. The summed E-state index contributed by atoms with van der Waals surface area (Å²) >= 11 is 2.90. The predicted octanol–water partition coefficient (Wildman–Crippen LogP) is 1.77. The Morgan fingerprint density at radius 1 is 1.69 bits per heavy atom. The van der Waals surface area contributed by atoms with E-state index in [-0.39, 0.29) is 10.7 Å². The van der Waals surface area contributed by atoms with Crippen LogP contribution in [0.25, 0.3) is 0 Å². The largest absolute Gasteiger partial charge is 0.347 e. The van der Waals surface area contributed by atoms with Gasteiger partial charge in [0.25, 0.3) is 0 Å². The maximum absolute atomic E-state index is 11.3. The number of rotatable bonds is 5. The molecule has 74 valence electrons. The van der Waals surface area contributed by atoms with Crippen LogP contribution < -0.4 is 0 Å². The molecule has 1 rings (SSSR count). The van der Waals surface area contributed by atoms with E-state index in [9.17, 15) is 4.79 Å². The molecule has 1 aliphatic rings. The lowest BCUT2D eigenvalue weighted by Crippen LogP contribution is -2.05. The van der Waals surface area contributed by atoms with Crippen LogP contribution in [0, 0.1) is 0 Å². The summed E-state index contributed by atoms with van der Waals surface area (Å²) in [4.78, 5) is 15.5. The van der Waals surface area contributed by atoms with Crippen LogP contribution in [0.5, 0.6) is 0 Å². The summed E-state index contributed by atoms with van der Waals surface area (Å²) in [6.45, 7) is 2.50. The van der Waals surface area contributed by atoms with Crippen molar-refractivity contribution in [1.82, 2.24) is 0 Å². The monoisotopic (exact) mass is 219 g/mol. The van der Waals surface area contributed by atoms with Crippen LogP contribution in [0.1, 0.15) is 13.3 Å². The normalized spacial score (nSPS) is 22.2. The molecule has 0 amide bonds. The molecule has 0 aromatic carbocycles. The lowest BCUT2D eigenvalue weighted by molar-refractivity contribution is -0.105. The summed E-state index contributed by atoms with van der Waals surface area (Å²) in [7, 11) is 0. The Morgan fingerprint density at radius 3 is 3.08 bits per heavy atom. The highest BCUT2D eigenvalue weighted by atomic mass is 32.2. The molecule has 0 aliphatic carbocycles. The minimum atomic E-state index is -0.283. The van der Waals surface area contributed by atoms with E-state index < -0.39 is 0 Å². The van der Waals surface area contributed by atoms with E-state index in [0.29, 0.717) is 12.3 Å². The molecular formula is C8H13NO2S2. The third-order valence-electron chi connectivity index (χ3n) is 1.56. The molecule has 0 bridgehead atoms. The summed E-state index contributed by atoms with van der Waals surface area (Å²) < 4.78 is 5.23. The molecule has 0 aromatic heterocycles. The van der Waals surface area contributed by atoms with Crippen molar-refractivity contribution >= 4 is 34.4 Å². The average Bonchev–Trinajstić information content (AvgIpc) is 2.44. The second kappa shape index (κ2) is 5.67. The molecule has 1 atom stereocenters. The highest BCUT2D eigenvalue weighted by Crippen LogP contribution is 2.24. The summed E-state index contributed by atoms with van der Waals surface area (Å²) in [5.74, 6) is 0.948. The molecule has 0 spiro atoms. The molecule has 0 saturated heterocycles. The van der Waals surface area contributed by atoms with Crippen molar-refractivity contribution in [2.75, 3.05) is 18.6 Å². The van der Waals surface area contributed by atoms with Crippen molar-refractivity contribution < 1.29 is 9.53 Å². The highest BCUT2D eigenvalue weighted by molar-refractivity contribution is 8.16. The van der Waals surface area contributed by atoms with Gasteiger partial charge in [-0.25, -0.2) is 4.99 Å². The molecule has 0 radical (unpaired) electrons. The first-order valence-corrected chi connectivity index (χ1v) is 6.43. The fourth-order valence-electron chi connectivity index (χ4n) is 0.945. The first kappa shape index (κ1) is 11.1. The maximum atomic E-state index is 11.3. The molecular weight excluding hydrogens is 206 g/mol. The fourth-order valence-corrected chi connectivity index (χ4v) is 2.20. The Morgan fingerprint density at radius 2 is 2.46 bits per heavy atom. The van der Waals surface area contributed by atoms with Crippen molar-refractivity contribution in [3.63, 3.8) is 0 Å². The molecule has 0 fully saturated rings. The smallest absolute Gasteiger partial charge is 0.237 e. The van der Waals surface area contributed by atoms with Crippen LogP contribution in [-0.2, 0) is 9.53 Å². The molecule has 5 heteroatoms. The van der Waals surface area contributed by atoms with E-state index in [2.05, 4.69) is 4.99 Å². The number of carbonyl (C=O) groups is 1. The van der Waals surface area contributed by atoms with Gasteiger partial charge in [0.1, 0.15) is 0 Å². The van der Waals surface area contributed by atoms with Gasteiger partial charge >= 0.3 is 0 Å². The standard InChI is InChI=1S/C8H13NO2S2/c1-3-11-8-9-6(4-5-12-2)7(10)13-8/h8H,3-5H2,1-2H3. The molecule has 3 nitrogen and oxygen atoms in total. The third kappa shape index (κ3) is 3.32. The molecule has 0 saturated carbocycles. The zero-order valence-electron chi connectivity index (χ0n) is 7.78. The van der Waals surface area contributed by atoms with E-state index in [1.54, 1.807) is 11.8 Å². The van der Waals surface area contributed by atoms with Gasteiger partial charge in [-0.15, -0.1) is 0 Å². The molecule has 1 unspecified atom stereocenters. The van der Waals surface area contributed by atoms with E-state index in [0.717, 1.165) is 12.2 Å². The number of thioether (sulfide) groups is 2. The van der Waals surface area contributed by atoms with E-state index in [1.807, 2.05) is 13.2 Å². The first-order chi connectivity index (χ1) is 6.27. The summed E-state index contributed by atoms with van der Waals surface area (Å²) in [6.07, 6.45) is 2.78. The quantitative estimate of drug-likeness (QED) is 0.706. The van der Waals surface area contributed by atoms with Crippen LogP contribution in [0.2, 0.25) is 0 Å². The van der Waals surface area contributed by atoms with Gasteiger partial charge in [-0.3, -0.25) is 4.79 Å². The topological polar surface area (TPSA) is 38.7 Å². The van der Waals surface area contributed by atoms with Crippen LogP contribution >= 0.6 is 23.5 Å².